The summed E-state index contributed by atoms with van der Waals surface area (Å²) >= 11 is 5.87. The van der Waals surface area contributed by atoms with Crippen molar-refractivity contribution in [3.05, 3.63) is 40.8 Å². The molecule has 1 heterocycles. The SMILES string of the molecule is CCC(=O)n1c(C)nc(-c2ccc(Cl)cc2)c1C. The van der Waals surface area contributed by atoms with Crippen LogP contribution in [0.1, 0.15) is 29.7 Å². The topological polar surface area (TPSA) is 34.9 Å². The number of aromatic nitrogens is 2. The van der Waals surface area contributed by atoms with Gasteiger partial charge >= 0.3 is 0 Å². The average Bonchev–Trinajstić information content (AvgIpc) is 2.65. The fourth-order valence-electron chi connectivity index (χ4n) is 2.05. The van der Waals surface area contributed by atoms with Gasteiger partial charge in [0.2, 0.25) is 5.91 Å². The quantitative estimate of drug-likeness (QED) is 0.823. The highest BCUT2D eigenvalue weighted by Crippen LogP contribution is 2.25. The molecule has 0 saturated carbocycles. The molecule has 0 unspecified atom stereocenters. The lowest BCUT2D eigenvalue weighted by atomic mass is 10.1. The summed E-state index contributed by atoms with van der Waals surface area (Å²) in [7, 11) is 0. The van der Waals surface area contributed by atoms with Crippen molar-refractivity contribution in [1.82, 2.24) is 9.55 Å². The first-order valence-corrected chi connectivity index (χ1v) is 6.27. The predicted octanol–water partition coefficient (Wildman–Crippen LogP) is 3.87. The summed E-state index contributed by atoms with van der Waals surface area (Å²) in [4.78, 5) is 16.3. The molecule has 0 N–H and O–H groups in total. The van der Waals surface area contributed by atoms with Gasteiger partial charge in [-0.2, -0.15) is 0 Å². The minimum absolute atomic E-state index is 0.0673. The summed E-state index contributed by atoms with van der Waals surface area (Å²) in [6.07, 6.45) is 0.470. The molecule has 1 aromatic carbocycles. The molecule has 3 nitrogen and oxygen atoms in total. The maximum Gasteiger partial charge on any atom is 0.231 e. The van der Waals surface area contributed by atoms with Crippen LogP contribution in [0.5, 0.6) is 0 Å². The molecule has 2 rings (SSSR count). The summed E-state index contributed by atoms with van der Waals surface area (Å²) in [6, 6.07) is 7.48. The molecule has 1 aromatic heterocycles. The third-order valence-electron chi connectivity index (χ3n) is 2.94. The van der Waals surface area contributed by atoms with E-state index in [0.717, 1.165) is 22.8 Å². The third kappa shape index (κ3) is 2.18. The Morgan fingerprint density at radius 1 is 1.28 bits per heavy atom. The molecule has 0 spiro atoms. The number of imidazole rings is 1. The highest BCUT2D eigenvalue weighted by atomic mass is 35.5. The first-order chi connectivity index (χ1) is 8.54. The third-order valence-corrected chi connectivity index (χ3v) is 3.20. The second kappa shape index (κ2) is 4.94. The lowest BCUT2D eigenvalue weighted by Crippen LogP contribution is -2.12. The van der Waals surface area contributed by atoms with Gasteiger partial charge in [-0.15, -0.1) is 0 Å². The molecule has 0 aliphatic carbocycles. The molecule has 0 bridgehead atoms. The van der Waals surface area contributed by atoms with Crippen LogP contribution >= 0.6 is 11.6 Å². The van der Waals surface area contributed by atoms with Gasteiger partial charge in [0, 0.05) is 17.0 Å². The van der Waals surface area contributed by atoms with Gasteiger partial charge in [0.1, 0.15) is 5.82 Å². The van der Waals surface area contributed by atoms with Crippen molar-refractivity contribution in [2.45, 2.75) is 27.2 Å². The number of carbonyl (C=O) groups excluding carboxylic acids is 1. The van der Waals surface area contributed by atoms with Crippen LogP contribution in [0.4, 0.5) is 0 Å². The Labute approximate surface area is 111 Å². The summed E-state index contributed by atoms with van der Waals surface area (Å²) < 4.78 is 1.67. The minimum atomic E-state index is 0.0673. The largest absolute Gasteiger partial charge is 0.274 e. The number of hydrogen-bond donors (Lipinski definition) is 0. The molecule has 0 saturated heterocycles. The van der Waals surface area contributed by atoms with E-state index >= 15 is 0 Å². The zero-order valence-electron chi connectivity index (χ0n) is 10.7. The van der Waals surface area contributed by atoms with E-state index in [2.05, 4.69) is 4.98 Å². The van der Waals surface area contributed by atoms with Crippen molar-refractivity contribution >= 4 is 17.5 Å². The smallest absolute Gasteiger partial charge is 0.231 e. The van der Waals surface area contributed by atoms with Crippen molar-refractivity contribution in [3.63, 3.8) is 0 Å². The number of hydrogen-bond acceptors (Lipinski definition) is 2. The van der Waals surface area contributed by atoms with E-state index in [4.69, 9.17) is 11.6 Å². The lowest BCUT2D eigenvalue weighted by Gasteiger charge is -2.04. The van der Waals surface area contributed by atoms with Crippen LogP contribution in [0.25, 0.3) is 11.3 Å². The van der Waals surface area contributed by atoms with Gasteiger partial charge in [-0.05, 0) is 26.0 Å². The van der Waals surface area contributed by atoms with Crippen molar-refractivity contribution < 1.29 is 4.79 Å². The standard InChI is InChI=1S/C14H15ClN2O/c1-4-13(18)17-9(2)14(16-10(17)3)11-5-7-12(15)8-6-11/h5-8H,4H2,1-3H3. The van der Waals surface area contributed by atoms with Gasteiger partial charge in [0.05, 0.1) is 11.4 Å². The molecule has 0 aliphatic heterocycles. The van der Waals surface area contributed by atoms with Crippen LogP contribution in [0.3, 0.4) is 0 Å². The second-order valence-corrected chi connectivity index (χ2v) is 4.62. The maximum atomic E-state index is 11.9. The van der Waals surface area contributed by atoms with E-state index in [9.17, 15) is 4.79 Å². The normalized spacial score (nSPS) is 10.7. The summed E-state index contributed by atoms with van der Waals surface area (Å²) in [5.74, 6) is 0.794. The fourth-order valence-corrected chi connectivity index (χ4v) is 2.17. The molecule has 0 aliphatic rings. The highest BCUT2D eigenvalue weighted by Gasteiger charge is 2.16. The van der Waals surface area contributed by atoms with Gasteiger partial charge in [-0.3, -0.25) is 9.36 Å². The van der Waals surface area contributed by atoms with E-state index < -0.39 is 0 Å². The van der Waals surface area contributed by atoms with Gasteiger partial charge in [0.25, 0.3) is 0 Å². The molecule has 94 valence electrons. The molecule has 18 heavy (non-hydrogen) atoms. The van der Waals surface area contributed by atoms with Gasteiger partial charge in [0.15, 0.2) is 0 Å². The number of rotatable bonds is 2. The Morgan fingerprint density at radius 2 is 1.89 bits per heavy atom. The van der Waals surface area contributed by atoms with Crippen LogP contribution in [0.2, 0.25) is 5.02 Å². The van der Waals surface area contributed by atoms with Crippen LogP contribution in [0, 0.1) is 13.8 Å². The minimum Gasteiger partial charge on any atom is -0.274 e. The zero-order valence-corrected chi connectivity index (χ0v) is 11.5. The fraction of sp³-hybridized carbons (Fsp3) is 0.286. The second-order valence-electron chi connectivity index (χ2n) is 4.18. The molecular formula is C14H15ClN2O. The Morgan fingerprint density at radius 3 is 2.44 bits per heavy atom. The van der Waals surface area contributed by atoms with Crippen LogP contribution < -0.4 is 0 Å². The van der Waals surface area contributed by atoms with E-state index in [1.54, 1.807) is 4.57 Å². The van der Waals surface area contributed by atoms with Crippen LogP contribution in [-0.2, 0) is 0 Å². The molecule has 4 heteroatoms. The van der Waals surface area contributed by atoms with Crippen LogP contribution in [-0.4, -0.2) is 15.5 Å². The number of nitrogens with zero attached hydrogens (tertiary/aromatic N) is 2. The van der Waals surface area contributed by atoms with Gasteiger partial charge in [-0.25, -0.2) is 4.98 Å². The van der Waals surface area contributed by atoms with E-state index in [1.807, 2.05) is 45.0 Å². The zero-order chi connectivity index (χ0) is 13.3. The molecule has 0 atom stereocenters. The van der Waals surface area contributed by atoms with Crippen molar-refractivity contribution in [2.75, 3.05) is 0 Å². The molecule has 0 amide bonds. The number of benzene rings is 1. The Hall–Kier alpha value is -1.61. The van der Waals surface area contributed by atoms with Crippen molar-refractivity contribution in [2.24, 2.45) is 0 Å². The summed E-state index contributed by atoms with van der Waals surface area (Å²) in [5, 5.41) is 0.692. The van der Waals surface area contributed by atoms with Crippen molar-refractivity contribution in [1.29, 1.82) is 0 Å². The van der Waals surface area contributed by atoms with E-state index in [0.29, 0.717) is 11.4 Å². The lowest BCUT2D eigenvalue weighted by molar-refractivity contribution is 0.0904. The Balaban J connectivity index is 2.53. The molecule has 0 radical (unpaired) electrons. The molecule has 0 fully saturated rings. The Bertz CT molecular complexity index is 585. The first-order valence-electron chi connectivity index (χ1n) is 5.89. The molecule has 2 aromatic rings. The maximum absolute atomic E-state index is 11.9. The Kier molecular flexibility index (Phi) is 3.53. The highest BCUT2D eigenvalue weighted by molar-refractivity contribution is 6.30. The molecular weight excluding hydrogens is 248 g/mol. The van der Waals surface area contributed by atoms with E-state index in [1.165, 1.54) is 0 Å². The van der Waals surface area contributed by atoms with Crippen LogP contribution in [0.15, 0.2) is 24.3 Å². The van der Waals surface area contributed by atoms with Gasteiger partial charge < -0.3 is 0 Å². The summed E-state index contributed by atoms with van der Waals surface area (Å²) in [5.41, 5.74) is 2.69. The van der Waals surface area contributed by atoms with Gasteiger partial charge in [-0.1, -0.05) is 30.7 Å². The first kappa shape index (κ1) is 12.8. The number of halogens is 1. The predicted molar refractivity (Wildman–Crippen MR) is 73.1 cm³/mol. The number of aryl methyl sites for hydroxylation is 1. The summed E-state index contributed by atoms with van der Waals surface area (Å²) in [6.45, 7) is 5.61. The van der Waals surface area contributed by atoms with E-state index in [-0.39, 0.29) is 5.91 Å². The van der Waals surface area contributed by atoms with Crippen molar-refractivity contribution in [3.8, 4) is 11.3 Å². The number of carbonyl (C=O) groups is 1. The average molecular weight is 263 g/mol. The monoisotopic (exact) mass is 262 g/mol.